The average Bonchev–Trinajstić information content (AvgIpc) is 2.99. The molecule has 3 nitrogen and oxygen atoms in total. The van der Waals surface area contributed by atoms with Gasteiger partial charge in [0.05, 0.1) is 4.88 Å². The molecule has 2 heterocycles. The van der Waals surface area contributed by atoms with Gasteiger partial charge in [0.15, 0.2) is 0 Å². The Bertz CT molecular complexity index is 948. The van der Waals surface area contributed by atoms with Crippen LogP contribution in [0.25, 0.3) is 10.4 Å². The van der Waals surface area contributed by atoms with Gasteiger partial charge in [0.2, 0.25) is 0 Å². The normalized spacial score (nSPS) is 12.1. The molecule has 24 heavy (non-hydrogen) atoms. The van der Waals surface area contributed by atoms with Gasteiger partial charge >= 0.3 is 0 Å². The Balaban J connectivity index is 1.68. The van der Waals surface area contributed by atoms with Crippen molar-refractivity contribution >= 4 is 34.5 Å². The van der Waals surface area contributed by atoms with Crippen LogP contribution >= 0.6 is 22.9 Å². The second-order valence-corrected chi connectivity index (χ2v) is 7.15. The molecule has 0 saturated heterocycles. The predicted octanol–water partition coefficient (Wildman–Crippen LogP) is 5.52. The number of carbonyl (C=O) groups is 1. The highest BCUT2D eigenvalue weighted by molar-refractivity contribution is 7.17. The number of nitrogens with one attached hydrogen (secondary N) is 1. The maximum atomic E-state index is 12.6. The summed E-state index contributed by atoms with van der Waals surface area (Å²) in [6, 6.07) is 15.1. The van der Waals surface area contributed by atoms with Crippen LogP contribution in [0, 0.1) is 6.92 Å². The lowest BCUT2D eigenvalue weighted by molar-refractivity contribution is 0.103. The lowest BCUT2D eigenvalue weighted by atomic mass is 10.0. The summed E-state index contributed by atoms with van der Waals surface area (Å²) in [5.41, 5.74) is 3.98. The number of anilines is 1. The van der Waals surface area contributed by atoms with Crippen LogP contribution in [-0.2, 0) is 6.61 Å². The zero-order valence-corrected chi connectivity index (χ0v) is 14.5. The third-order valence-corrected chi connectivity index (χ3v) is 5.39. The highest BCUT2D eigenvalue weighted by atomic mass is 35.5. The van der Waals surface area contributed by atoms with E-state index in [1.807, 2.05) is 30.3 Å². The molecule has 0 bridgehead atoms. The number of fused-ring (bicyclic) bond motifs is 3. The molecule has 1 amide bonds. The van der Waals surface area contributed by atoms with Crippen molar-refractivity contribution in [3.05, 3.63) is 69.6 Å². The molecule has 120 valence electrons. The van der Waals surface area contributed by atoms with Crippen LogP contribution in [-0.4, -0.2) is 5.91 Å². The molecule has 0 spiro atoms. The van der Waals surface area contributed by atoms with Crippen molar-refractivity contribution in [3.8, 4) is 16.2 Å². The van der Waals surface area contributed by atoms with Crippen LogP contribution in [0.4, 0.5) is 5.69 Å². The number of carbonyl (C=O) groups excluding carboxylic acids is 1. The topological polar surface area (TPSA) is 38.3 Å². The van der Waals surface area contributed by atoms with Crippen molar-refractivity contribution in [2.45, 2.75) is 13.5 Å². The summed E-state index contributed by atoms with van der Waals surface area (Å²) in [4.78, 5) is 14.3. The lowest BCUT2D eigenvalue weighted by Crippen LogP contribution is -2.10. The molecular formula is C19H14ClNO2S. The minimum Gasteiger partial charge on any atom is -0.488 e. The standard InChI is InChI=1S/C19H14ClNO2S/c1-11-4-2-7-15-17(11)18-12(10-23-15)8-16(24-18)19(22)21-14-6-3-5-13(20)9-14/h2-9H,10H2,1H3,(H,21,22). The first kappa shape index (κ1) is 15.2. The van der Waals surface area contributed by atoms with Gasteiger partial charge < -0.3 is 10.1 Å². The number of thiophene rings is 1. The molecule has 0 atom stereocenters. The van der Waals surface area contributed by atoms with E-state index in [1.165, 1.54) is 11.3 Å². The molecule has 5 heteroatoms. The molecule has 0 radical (unpaired) electrons. The molecular weight excluding hydrogens is 342 g/mol. The number of amides is 1. The fourth-order valence-electron chi connectivity index (χ4n) is 2.83. The van der Waals surface area contributed by atoms with Crippen molar-refractivity contribution in [1.82, 2.24) is 0 Å². The van der Waals surface area contributed by atoms with E-state index in [9.17, 15) is 4.79 Å². The van der Waals surface area contributed by atoms with Crippen LogP contribution < -0.4 is 10.1 Å². The number of benzene rings is 2. The van der Waals surface area contributed by atoms with E-state index in [2.05, 4.69) is 18.3 Å². The van der Waals surface area contributed by atoms with Gasteiger partial charge in [-0.1, -0.05) is 29.8 Å². The van der Waals surface area contributed by atoms with Gasteiger partial charge in [0, 0.05) is 26.7 Å². The Labute approximate surface area is 148 Å². The fourth-order valence-corrected chi connectivity index (χ4v) is 4.19. The zero-order chi connectivity index (χ0) is 16.7. The van der Waals surface area contributed by atoms with E-state index in [0.29, 0.717) is 22.2 Å². The molecule has 1 N–H and O–H groups in total. The third kappa shape index (κ3) is 2.68. The number of ether oxygens (including phenoxy) is 1. The van der Waals surface area contributed by atoms with Crippen LogP contribution in [0.3, 0.4) is 0 Å². The van der Waals surface area contributed by atoms with Crippen molar-refractivity contribution in [2.75, 3.05) is 5.32 Å². The number of hydrogen-bond donors (Lipinski definition) is 1. The quantitative estimate of drug-likeness (QED) is 0.657. The summed E-state index contributed by atoms with van der Waals surface area (Å²) in [5.74, 6) is 0.748. The second-order valence-electron chi connectivity index (χ2n) is 5.67. The molecule has 1 aliphatic rings. The van der Waals surface area contributed by atoms with E-state index < -0.39 is 0 Å². The Morgan fingerprint density at radius 3 is 2.88 bits per heavy atom. The maximum Gasteiger partial charge on any atom is 0.265 e. The first-order valence-electron chi connectivity index (χ1n) is 7.54. The van der Waals surface area contributed by atoms with Gasteiger partial charge in [0.1, 0.15) is 12.4 Å². The van der Waals surface area contributed by atoms with E-state index in [4.69, 9.17) is 16.3 Å². The highest BCUT2D eigenvalue weighted by Crippen LogP contribution is 2.44. The summed E-state index contributed by atoms with van der Waals surface area (Å²) in [6.45, 7) is 2.55. The second kappa shape index (κ2) is 5.96. The first-order chi connectivity index (χ1) is 11.6. The molecule has 3 aromatic rings. The third-order valence-electron chi connectivity index (χ3n) is 3.96. The lowest BCUT2D eigenvalue weighted by Gasteiger charge is -2.19. The first-order valence-corrected chi connectivity index (χ1v) is 8.73. The van der Waals surface area contributed by atoms with Crippen LogP contribution in [0.5, 0.6) is 5.75 Å². The Morgan fingerprint density at radius 1 is 1.21 bits per heavy atom. The summed E-state index contributed by atoms with van der Waals surface area (Å²) in [6.07, 6.45) is 0. The SMILES string of the molecule is Cc1cccc2c1-c1sc(C(=O)Nc3cccc(Cl)c3)cc1CO2. The van der Waals surface area contributed by atoms with Gasteiger partial charge in [-0.05, 0) is 42.8 Å². The molecule has 1 aliphatic heterocycles. The van der Waals surface area contributed by atoms with Gasteiger partial charge in [0.25, 0.3) is 5.91 Å². The minimum absolute atomic E-state index is 0.133. The van der Waals surface area contributed by atoms with Crippen LogP contribution in [0.15, 0.2) is 48.5 Å². The summed E-state index contributed by atoms with van der Waals surface area (Å²) < 4.78 is 5.82. The van der Waals surface area contributed by atoms with E-state index in [0.717, 1.165) is 27.3 Å². The number of halogens is 1. The molecule has 0 unspecified atom stereocenters. The smallest absolute Gasteiger partial charge is 0.265 e. The minimum atomic E-state index is -0.133. The van der Waals surface area contributed by atoms with Crippen molar-refractivity contribution in [2.24, 2.45) is 0 Å². The largest absolute Gasteiger partial charge is 0.488 e. The Hall–Kier alpha value is -2.30. The number of hydrogen-bond acceptors (Lipinski definition) is 3. The van der Waals surface area contributed by atoms with Crippen molar-refractivity contribution in [3.63, 3.8) is 0 Å². The molecule has 0 saturated carbocycles. The predicted molar refractivity (Wildman–Crippen MR) is 98.2 cm³/mol. The Kier molecular flexibility index (Phi) is 3.79. The molecule has 2 aromatic carbocycles. The Morgan fingerprint density at radius 2 is 2.04 bits per heavy atom. The van der Waals surface area contributed by atoms with Gasteiger partial charge in [-0.3, -0.25) is 4.79 Å². The van der Waals surface area contributed by atoms with Crippen molar-refractivity contribution in [1.29, 1.82) is 0 Å². The highest BCUT2D eigenvalue weighted by Gasteiger charge is 2.24. The average molecular weight is 356 g/mol. The molecule has 0 fully saturated rings. The molecule has 1 aromatic heterocycles. The number of rotatable bonds is 2. The molecule has 0 aliphatic carbocycles. The summed E-state index contributed by atoms with van der Waals surface area (Å²) >= 11 is 7.46. The van der Waals surface area contributed by atoms with E-state index >= 15 is 0 Å². The zero-order valence-electron chi connectivity index (χ0n) is 12.9. The van der Waals surface area contributed by atoms with Gasteiger partial charge in [-0.15, -0.1) is 11.3 Å². The van der Waals surface area contributed by atoms with E-state index in [-0.39, 0.29) is 5.91 Å². The van der Waals surface area contributed by atoms with Gasteiger partial charge in [-0.25, -0.2) is 0 Å². The summed E-state index contributed by atoms with van der Waals surface area (Å²) in [5, 5.41) is 3.49. The number of aryl methyl sites for hydroxylation is 1. The van der Waals surface area contributed by atoms with Crippen molar-refractivity contribution < 1.29 is 9.53 Å². The van der Waals surface area contributed by atoms with E-state index in [1.54, 1.807) is 12.1 Å². The monoisotopic (exact) mass is 355 g/mol. The fraction of sp³-hybridized carbons (Fsp3) is 0.105. The summed E-state index contributed by atoms with van der Waals surface area (Å²) in [7, 11) is 0. The molecule has 4 rings (SSSR count). The maximum absolute atomic E-state index is 12.6. The van der Waals surface area contributed by atoms with Crippen LogP contribution in [0.2, 0.25) is 5.02 Å². The van der Waals surface area contributed by atoms with Crippen LogP contribution in [0.1, 0.15) is 20.8 Å². The van der Waals surface area contributed by atoms with Gasteiger partial charge in [-0.2, -0.15) is 0 Å².